The summed E-state index contributed by atoms with van der Waals surface area (Å²) in [5.74, 6) is -5.73. The van der Waals surface area contributed by atoms with Gasteiger partial charge in [-0.2, -0.15) is 0 Å². The lowest BCUT2D eigenvalue weighted by molar-refractivity contribution is -0.184. The number of aliphatic carboxylic acids is 2. The van der Waals surface area contributed by atoms with Gasteiger partial charge in [0.2, 0.25) is 11.8 Å². The molecule has 10 heteroatoms. The van der Waals surface area contributed by atoms with E-state index in [1.54, 1.807) is 48.5 Å². The highest BCUT2D eigenvalue weighted by molar-refractivity contribution is 6.20. The molecule has 0 aromatic heterocycles. The van der Waals surface area contributed by atoms with E-state index < -0.39 is 59.5 Å². The maximum Gasteiger partial charge on any atom is 0.309 e. The summed E-state index contributed by atoms with van der Waals surface area (Å²) in [6.07, 6.45) is 0.248. The molecule has 1 aliphatic rings. The number of nitrogens with zero attached hydrogens (tertiary/aromatic N) is 2. The van der Waals surface area contributed by atoms with Crippen molar-refractivity contribution < 1.29 is 38.9 Å². The van der Waals surface area contributed by atoms with Crippen LogP contribution in [0.3, 0.4) is 0 Å². The van der Waals surface area contributed by atoms with Gasteiger partial charge in [-0.15, -0.1) is 0 Å². The second kappa shape index (κ2) is 18.2. The lowest BCUT2D eigenvalue weighted by Crippen LogP contribution is -2.69. The Morgan fingerprint density at radius 1 is 0.517 bits per heavy atom. The predicted molar refractivity (Wildman–Crippen MR) is 229 cm³/mol. The molecule has 0 aliphatic heterocycles. The molecule has 10 nitrogen and oxygen atoms in total. The third-order valence-corrected chi connectivity index (χ3v) is 11.2. The van der Waals surface area contributed by atoms with Crippen molar-refractivity contribution in [3.8, 4) is 23.0 Å². The van der Waals surface area contributed by atoms with Gasteiger partial charge in [0.25, 0.3) is 0 Å². The number of rotatable bonds is 16. The van der Waals surface area contributed by atoms with E-state index in [1.807, 2.05) is 135 Å². The fourth-order valence-electron chi connectivity index (χ4n) is 8.31. The molecular weight excluding hydrogens is 757 g/mol. The lowest BCUT2D eigenvalue weighted by Gasteiger charge is -2.53. The van der Waals surface area contributed by atoms with E-state index >= 15 is 9.59 Å². The van der Waals surface area contributed by atoms with Crippen LogP contribution in [0.15, 0.2) is 170 Å². The number of ether oxygens (including phenoxy) is 2. The second-order valence-corrected chi connectivity index (χ2v) is 14.8. The second-order valence-electron chi connectivity index (χ2n) is 14.8. The van der Waals surface area contributed by atoms with Gasteiger partial charge in [0.1, 0.15) is 28.4 Å². The van der Waals surface area contributed by atoms with Crippen LogP contribution in [0.4, 0.5) is 11.4 Å². The van der Waals surface area contributed by atoms with Crippen LogP contribution in [0, 0.1) is 17.3 Å². The van der Waals surface area contributed by atoms with Gasteiger partial charge in [-0.05, 0) is 103 Å². The molecule has 0 heterocycles. The van der Waals surface area contributed by atoms with Crippen molar-refractivity contribution in [2.24, 2.45) is 17.3 Å². The number of carbonyl (C=O) groups excluding carboxylic acids is 2. The van der Waals surface area contributed by atoms with E-state index in [4.69, 9.17) is 9.47 Å². The Kier molecular flexibility index (Phi) is 12.4. The Morgan fingerprint density at radius 2 is 0.850 bits per heavy atom. The van der Waals surface area contributed by atoms with Gasteiger partial charge < -0.3 is 29.5 Å². The number of benzene rings is 6. The predicted octanol–water partition coefficient (Wildman–Crippen LogP) is 10.7. The summed E-state index contributed by atoms with van der Waals surface area (Å²) in [7, 11) is 0. The smallest absolute Gasteiger partial charge is 0.309 e. The van der Waals surface area contributed by atoms with Gasteiger partial charge in [-0.1, -0.05) is 111 Å². The molecule has 0 radical (unpaired) electrons. The lowest BCUT2D eigenvalue weighted by atomic mass is 9.51. The first-order chi connectivity index (χ1) is 29.2. The molecule has 7 rings (SSSR count). The zero-order valence-electron chi connectivity index (χ0n) is 33.3. The number of carboxylic acids is 2. The Bertz CT molecular complexity index is 2240. The van der Waals surface area contributed by atoms with Gasteiger partial charge in [0.05, 0.1) is 23.9 Å². The van der Waals surface area contributed by atoms with E-state index in [2.05, 4.69) is 0 Å². The largest absolute Gasteiger partial charge is 0.481 e. The molecule has 2 amide bonds. The molecular formula is C50H46N2O8. The van der Waals surface area contributed by atoms with E-state index in [0.717, 1.165) is 11.1 Å². The number of carbonyl (C=O) groups is 4. The van der Waals surface area contributed by atoms with Gasteiger partial charge in [-0.25, -0.2) is 0 Å². The number of anilines is 2. The summed E-state index contributed by atoms with van der Waals surface area (Å²) >= 11 is 0. The fourth-order valence-corrected chi connectivity index (χ4v) is 8.31. The number of amides is 2. The summed E-state index contributed by atoms with van der Waals surface area (Å²) in [6, 6.07) is 49.3. The first kappa shape index (κ1) is 41.0. The van der Waals surface area contributed by atoms with Crippen LogP contribution in [0.5, 0.6) is 23.0 Å². The maximum absolute atomic E-state index is 15.9. The first-order valence-electron chi connectivity index (χ1n) is 20.0. The highest BCUT2D eigenvalue weighted by Crippen LogP contribution is 2.56. The molecule has 0 unspecified atom stereocenters. The van der Waals surface area contributed by atoms with Crippen molar-refractivity contribution in [3.63, 3.8) is 0 Å². The van der Waals surface area contributed by atoms with Crippen LogP contribution >= 0.6 is 0 Å². The quantitative estimate of drug-likeness (QED) is 0.0924. The third-order valence-electron chi connectivity index (χ3n) is 11.2. The molecule has 2 N–H and O–H groups in total. The average molecular weight is 803 g/mol. The fraction of sp³-hybridized carbons (Fsp3) is 0.200. The van der Waals surface area contributed by atoms with Crippen LogP contribution in [0.2, 0.25) is 0 Å². The Balaban J connectivity index is 1.39. The molecule has 1 aliphatic carbocycles. The normalized spacial score (nSPS) is 16.3. The number of hydrogen-bond donors (Lipinski definition) is 2. The summed E-state index contributed by atoms with van der Waals surface area (Å²) in [6.45, 7) is 3.81. The van der Waals surface area contributed by atoms with Crippen LogP contribution in [-0.4, -0.2) is 34.0 Å². The molecule has 4 atom stereocenters. The minimum atomic E-state index is -2.34. The molecule has 304 valence electrons. The van der Waals surface area contributed by atoms with Crippen molar-refractivity contribution in [1.29, 1.82) is 0 Å². The molecule has 1 saturated carbocycles. The van der Waals surface area contributed by atoms with E-state index in [0.29, 0.717) is 47.2 Å². The van der Waals surface area contributed by atoms with E-state index in [1.165, 1.54) is 9.80 Å². The highest BCUT2D eigenvalue weighted by Gasteiger charge is 2.71. The van der Waals surface area contributed by atoms with Crippen molar-refractivity contribution in [1.82, 2.24) is 0 Å². The Morgan fingerprint density at radius 3 is 1.17 bits per heavy atom. The third kappa shape index (κ3) is 8.22. The van der Waals surface area contributed by atoms with Crippen LogP contribution in [-0.2, 0) is 19.2 Å². The molecule has 6 aromatic carbocycles. The summed E-state index contributed by atoms with van der Waals surface area (Å²) in [4.78, 5) is 61.0. The number of hydrogen-bond acceptors (Lipinski definition) is 6. The average Bonchev–Trinajstić information content (AvgIpc) is 3.26. The zero-order valence-corrected chi connectivity index (χ0v) is 33.3. The topological polar surface area (TPSA) is 134 Å². The monoisotopic (exact) mass is 802 g/mol. The first-order valence-corrected chi connectivity index (χ1v) is 20.0. The van der Waals surface area contributed by atoms with E-state index in [-0.39, 0.29) is 0 Å². The molecule has 0 spiro atoms. The molecule has 0 saturated heterocycles. The van der Waals surface area contributed by atoms with Crippen LogP contribution in [0.1, 0.15) is 56.3 Å². The van der Waals surface area contributed by atoms with Crippen molar-refractivity contribution in [2.45, 2.75) is 45.2 Å². The zero-order chi connectivity index (χ0) is 42.2. The van der Waals surface area contributed by atoms with Gasteiger partial charge in [0, 0.05) is 11.4 Å². The van der Waals surface area contributed by atoms with Crippen molar-refractivity contribution >= 4 is 35.1 Å². The number of carboxylic acid groups (broad SMARTS) is 2. The van der Waals surface area contributed by atoms with Gasteiger partial charge in [-0.3, -0.25) is 19.2 Å². The van der Waals surface area contributed by atoms with Crippen molar-refractivity contribution in [2.75, 3.05) is 9.80 Å². The highest BCUT2D eigenvalue weighted by atomic mass is 16.5. The molecule has 1 fully saturated rings. The molecule has 60 heavy (non-hydrogen) atoms. The standard InChI is InChI=1S/C50H46N2O8/c1-3-43(34-17-9-5-10-18-34)51(36-25-29-40(30-26-36)59-38-21-13-7-14-22-38)48(57)50(33-42(46(53)54)45(50)47(55)56)49(58)52(44(4-2)35-19-11-6-12-20-35)37-27-31-41(32-28-37)60-39-23-15-8-16-24-39/h5-32,42-45H,3-4,33H2,1-2H3,(H,53,54)(H,55,56)/t42-,43+,44+,45-/m0/s1. The van der Waals surface area contributed by atoms with Gasteiger partial charge in [0.15, 0.2) is 0 Å². The van der Waals surface area contributed by atoms with E-state index in [9.17, 15) is 19.8 Å². The van der Waals surface area contributed by atoms with Crippen LogP contribution < -0.4 is 19.3 Å². The van der Waals surface area contributed by atoms with Gasteiger partial charge >= 0.3 is 11.9 Å². The summed E-state index contributed by atoms with van der Waals surface area (Å²) in [5.41, 5.74) is -0.0608. The minimum Gasteiger partial charge on any atom is -0.481 e. The Labute approximate surface area is 349 Å². The summed E-state index contributed by atoms with van der Waals surface area (Å²) < 4.78 is 12.1. The Hall–Kier alpha value is -7.20. The SMILES string of the molecule is CC[C@H](c1ccccc1)N(C(=O)C1(C(=O)N(c2ccc(Oc3ccccc3)cc2)[C@H](CC)c2ccccc2)C[C@H](C(=O)O)[C@H]1C(=O)O)c1ccc(Oc2ccccc2)cc1. The van der Waals surface area contributed by atoms with Crippen LogP contribution in [0.25, 0.3) is 0 Å². The number of para-hydroxylation sites is 2. The molecule has 6 aromatic rings. The van der Waals surface area contributed by atoms with Crippen molar-refractivity contribution in [3.05, 3.63) is 181 Å². The minimum absolute atomic E-state index is 0.385. The molecule has 0 bridgehead atoms. The maximum atomic E-state index is 15.9. The summed E-state index contributed by atoms with van der Waals surface area (Å²) in [5, 5.41) is 21.3.